The standard InChI is InChI=1S/C17H13NO4/c1-21-14-4-2-3-5-15(14)22-16-13-7-6-12(17(19)20)10-11(13)8-9-18-16/h2-10H,1H3,(H,19,20). The first-order chi connectivity index (χ1) is 10.7. The number of fused-ring (bicyclic) bond motifs is 1. The van der Waals surface area contributed by atoms with Crippen molar-refractivity contribution in [1.82, 2.24) is 4.98 Å². The minimum atomic E-state index is -0.967. The predicted molar refractivity (Wildman–Crippen MR) is 81.8 cm³/mol. The van der Waals surface area contributed by atoms with Gasteiger partial charge in [0.1, 0.15) is 0 Å². The van der Waals surface area contributed by atoms with Crippen LogP contribution in [0.5, 0.6) is 17.4 Å². The van der Waals surface area contributed by atoms with E-state index >= 15 is 0 Å². The van der Waals surface area contributed by atoms with Gasteiger partial charge in [0, 0.05) is 11.6 Å². The summed E-state index contributed by atoms with van der Waals surface area (Å²) in [6.45, 7) is 0. The first-order valence-electron chi connectivity index (χ1n) is 6.62. The summed E-state index contributed by atoms with van der Waals surface area (Å²) in [7, 11) is 1.57. The Morgan fingerprint density at radius 2 is 1.86 bits per heavy atom. The van der Waals surface area contributed by atoms with Crippen molar-refractivity contribution < 1.29 is 19.4 Å². The Morgan fingerprint density at radius 3 is 2.59 bits per heavy atom. The molecule has 2 aromatic carbocycles. The van der Waals surface area contributed by atoms with Crippen LogP contribution in [-0.4, -0.2) is 23.2 Å². The van der Waals surface area contributed by atoms with Crippen molar-refractivity contribution in [1.29, 1.82) is 0 Å². The van der Waals surface area contributed by atoms with Gasteiger partial charge in [-0.15, -0.1) is 0 Å². The highest BCUT2D eigenvalue weighted by Crippen LogP contribution is 2.33. The molecule has 0 saturated carbocycles. The van der Waals surface area contributed by atoms with E-state index in [0.717, 1.165) is 10.8 Å². The molecule has 1 heterocycles. The van der Waals surface area contributed by atoms with Gasteiger partial charge in [-0.25, -0.2) is 9.78 Å². The highest BCUT2D eigenvalue weighted by atomic mass is 16.5. The summed E-state index contributed by atoms with van der Waals surface area (Å²) < 4.78 is 11.1. The summed E-state index contributed by atoms with van der Waals surface area (Å²) in [6.07, 6.45) is 1.58. The van der Waals surface area contributed by atoms with E-state index in [2.05, 4.69) is 4.98 Å². The molecule has 0 aliphatic rings. The number of benzene rings is 2. The molecular formula is C17H13NO4. The lowest BCUT2D eigenvalue weighted by Gasteiger charge is -2.11. The van der Waals surface area contributed by atoms with E-state index in [1.54, 1.807) is 43.6 Å². The van der Waals surface area contributed by atoms with Crippen molar-refractivity contribution in [2.45, 2.75) is 0 Å². The number of aromatic nitrogens is 1. The Bertz CT molecular complexity index is 845. The lowest BCUT2D eigenvalue weighted by Crippen LogP contribution is -1.97. The number of hydrogen-bond donors (Lipinski definition) is 1. The molecule has 1 aromatic heterocycles. The summed E-state index contributed by atoms with van der Waals surface area (Å²) in [5.74, 6) is 0.584. The van der Waals surface area contributed by atoms with E-state index < -0.39 is 5.97 Å². The van der Waals surface area contributed by atoms with Gasteiger partial charge in [-0.05, 0) is 41.8 Å². The van der Waals surface area contributed by atoms with Gasteiger partial charge in [0.15, 0.2) is 11.5 Å². The number of aromatic carboxylic acids is 1. The number of carboxylic acids is 1. The zero-order valence-electron chi connectivity index (χ0n) is 11.8. The average molecular weight is 295 g/mol. The summed E-state index contributed by atoms with van der Waals surface area (Å²) in [4.78, 5) is 15.3. The fourth-order valence-corrected chi connectivity index (χ4v) is 2.17. The molecule has 22 heavy (non-hydrogen) atoms. The van der Waals surface area contributed by atoms with Gasteiger partial charge in [-0.2, -0.15) is 0 Å². The molecule has 0 bridgehead atoms. The zero-order chi connectivity index (χ0) is 15.5. The van der Waals surface area contributed by atoms with E-state index in [9.17, 15) is 4.79 Å². The number of ether oxygens (including phenoxy) is 2. The molecule has 0 saturated heterocycles. The molecular weight excluding hydrogens is 282 g/mol. The van der Waals surface area contributed by atoms with E-state index in [-0.39, 0.29) is 5.56 Å². The molecule has 0 aliphatic heterocycles. The molecule has 0 atom stereocenters. The van der Waals surface area contributed by atoms with E-state index in [1.807, 2.05) is 12.1 Å². The van der Waals surface area contributed by atoms with Crippen molar-refractivity contribution in [3.8, 4) is 17.4 Å². The number of carbonyl (C=O) groups is 1. The van der Waals surface area contributed by atoms with Crippen LogP contribution in [0.15, 0.2) is 54.7 Å². The van der Waals surface area contributed by atoms with Crippen LogP contribution in [0.2, 0.25) is 0 Å². The first-order valence-corrected chi connectivity index (χ1v) is 6.62. The molecule has 3 rings (SSSR count). The smallest absolute Gasteiger partial charge is 0.335 e. The average Bonchev–Trinajstić information content (AvgIpc) is 2.55. The molecule has 0 unspecified atom stereocenters. The predicted octanol–water partition coefficient (Wildman–Crippen LogP) is 3.73. The molecule has 1 N–H and O–H groups in total. The maximum atomic E-state index is 11.0. The van der Waals surface area contributed by atoms with Crippen LogP contribution in [-0.2, 0) is 0 Å². The maximum Gasteiger partial charge on any atom is 0.335 e. The Labute approximate surface area is 126 Å². The highest BCUT2D eigenvalue weighted by molar-refractivity contribution is 5.95. The van der Waals surface area contributed by atoms with Gasteiger partial charge in [0.2, 0.25) is 5.88 Å². The number of rotatable bonds is 4. The Hall–Kier alpha value is -3.08. The number of methoxy groups -OCH3 is 1. The van der Waals surface area contributed by atoms with E-state index in [1.165, 1.54) is 6.07 Å². The fourth-order valence-electron chi connectivity index (χ4n) is 2.17. The second-order valence-corrected chi connectivity index (χ2v) is 4.61. The summed E-state index contributed by atoms with van der Waals surface area (Å²) in [5.41, 5.74) is 0.224. The fraction of sp³-hybridized carbons (Fsp3) is 0.0588. The lowest BCUT2D eigenvalue weighted by atomic mass is 10.1. The summed E-state index contributed by atoms with van der Waals surface area (Å²) >= 11 is 0. The minimum absolute atomic E-state index is 0.224. The highest BCUT2D eigenvalue weighted by Gasteiger charge is 2.10. The molecule has 110 valence electrons. The molecule has 0 spiro atoms. The van der Waals surface area contributed by atoms with E-state index in [0.29, 0.717) is 17.4 Å². The molecule has 3 aromatic rings. The SMILES string of the molecule is COc1ccccc1Oc1nccc2cc(C(=O)O)ccc12. The number of hydrogen-bond acceptors (Lipinski definition) is 4. The van der Waals surface area contributed by atoms with Gasteiger partial charge in [-0.1, -0.05) is 12.1 Å². The normalized spacial score (nSPS) is 10.4. The number of pyridine rings is 1. The van der Waals surface area contributed by atoms with Crippen LogP contribution in [0.25, 0.3) is 10.8 Å². The largest absolute Gasteiger partial charge is 0.493 e. The third-order valence-corrected chi connectivity index (χ3v) is 3.25. The molecule has 0 aliphatic carbocycles. The minimum Gasteiger partial charge on any atom is -0.493 e. The lowest BCUT2D eigenvalue weighted by molar-refractivity contribution is 0.0697. The molecule has 0 radical (unpaired) electrons. The van der Waals surface area contributed by atoms with Crippen molar-refractivity contribution in [2.24, 2.45) is 0 Å². The number of carboxylic acid groups (broad SMARTS) is 1. The second-order valence-electron chi connectivity index (χ2n) is 4.61. The van der Waals surface area contributed by atoms with Crippen molar-refractivity contribution >= 4 is 16.7 Å². The number of nitrogens with zero attached hydrogens (tertiary/aromatic N) is 1. The third kappa shape index (κ3) is 2.56. The van der Waals surface area contributed by atoms with Gasteiger partial charge in [0.05, 0.1) is 12.7 Å². The second kappa shape index (κ2) is 5.73. The molecule has 5 nitrogen and oxygen atoms in total. The number of para-hydroxylation sites is 2. The van der Waals surface area contributed by atoms with Crippen LogP contribution < -0.4 is 9.47 Å². The van der Waals surface area contributed by atoms with Crippen molar-refractivity contribution in [3.63, 3.8) is 0 Å². The van der Waals surface area contributed by atoms with Crippen LogP contribution in [0.4, 0.5) is 0 Å². The van der Waals surface area contributed by atoms with Crippen molar-refractivity contribution in [2.75, 3.05) is 7.11 Å². The third-order valence-electron chi connectivity index (χ3n) is 3.25. The molecule has 5 heteroatoms. The van der Waals surface area contributed by atoms with Gasteiger partial charge in [0.25, 0.3) is 0 Å². The van der Waals surface area contributed by atoms with Crippen LogP contribution >= 0.6 is 0 Å². The molecule has 0 amide bonds. The Balaban J connectivity index is 2.06. The monoisotopic (exact) mass is 295 g/mol. The topological polar surface area (TPSA) is 68.7 Å². The Morgan fingerprint density at radius 1 is 1.09 bits per heavy atom. The van der Waals surface area contributed by atoms with Gasteiger partial charge in [-0.3, -0.25) is 0 Å². The van der Waals surface area contributed by atoms with E-state index in [4.69, 9.17) is 14.6 Å². The van der Waals surface area contributed by atoms with Crippen LogP contribution in [0.1, 0.15) is 10.4 Å². The van der Waals surface area contributed by atoms with Gasteiger partial charge < -0.3 is 14.6 Å². The van der Waals surface area contributed by atoms with Gasteiger partial charge >= 0.3 is 5.97 Å². The first kappa shape index (κ1) is 13.9. The summed E-state index contributed by atoms with van der Waals surface area (Å²) in [5, 5.41) is 10.5. The Kier molecular flexibility index (Phi) is 3.62. The quantitative estimate of drug-likeness (QED) is 0.794. The van der Waals surface area contributed by atoms with Crippen LogP contribution in [0, 0.1) is 0 Å². The zero-order valence-corrected chi connectivity index (χ0v) is 11.8. The maximum absolute atomic E-state index is 11.0. The molecule has 0 fully saturated rings. The summed E-state index contributed by atoms with van der Waals surface area (Å²) in [6, 6.07) is 13.8. The van der Waals surface area contributed by atoms with Crippen LogP contribution in [0.3, 0.4) is 0 Å². The van der Waals surface area contributed by atoms with Crippen molar-refractivity contribution in [3.05, 3.63) is 60.3 Å².